The van der Waals surface area contributed by atoms with Gasteiger partial charge in [-0.05, 0) is 18.1 Å². The average molecular weight is 295 g/mol. The minimum Gasteiger partial charge on any atom is -0.318 e. The summed E-state index contributed by atoms with van der Waals surface area (Å²) in [5.74, 6) is 2.40. The number of benzene rings is 1. The van der Waals surface area contributed by atoms with Gasteiger partial charge in [-0.25, -0.2) is 4.68 Å². The third-order valence-electron chi connectivity index (χ3n) is 3.21. The molecule has 3 rings (SSSR count). The van der Waals surface area contributed by atoms with E-state index in [0.29, 0.717) is 17.0 Å². The van der Waals surface area contributed by atoms with Crippen LogP contribution in [0, 0.1) is 5.92 Å². The lowest BCUT2D eigenvalue weighted by atomic mass is 10.1. The zero-order chi connectivity index (χ0) is 13.4. The van der Waals surface area contributed by atoms with Crippen molar-refractivity contribution in [1.29, 1.82) is 0 Å². The Balaban J connectivity index is 1.99. The number of fused-ring (bicyclic) bond motifs is 1. The van der Waals surface area contributed by atoms with E-state index in [1.807, 2.05) is 28.9 Å². The van der Waals surface area contributed by atoms with Crippen molar-refractivity contribution in [2.45, 2.75) is 25.0 Å². The summed E-state index contributed by atoms with van der Waals surface area (Å²) in [5.41, 5.74) is 4.47. The smallest absolute Gasteiger partial charge is 0.210 e. The van der Waals surface area contributed by atoms with Gasteiger partial charge in [0.05, 0.1) is 6.04 Å². The molecule has 1 aromatic heterocycles. The van der Waals surface area contributed by atoms with Gasteiger partial charge in [-0.15, -0.1) is 10.2 Å². The molecule has 19 heavy (non-hydrogen) atoms. The molecule has 1 aliphatic rings. The largest absolute Gasteiger partial charge is 0.318 e. The SMILES string of the molecule is CC(C)C1CSc2nnc(-c3cccc(Cl)c3)n2N1. The Bertz CT molecular complexity index is 596. The molecule has 0 aliphatic carbocycles. The minimum atomic E-state index is 0.423. The predicted octanol–water partition coefficient (Wildman–Crippen LogP) is 3.27. The highest BCUT2D eigenvalue weighted by Gasteiger charge is 2.25. The average Bonchev–Trinajstić information content (AvgIpc) is 2.81. The fraction of sp³-hybridized carbons (Fsp3) is 0.385. The van der Waals surface area contributed by atoms with Crippen molar-refractivity contribution in [3.8, 4) is 11.4 Å². The molecule has 1 atom stereocenters. The molecule has 2 aromatic rings. The van der Waals surface area contributed by atoms with Crippen molar-refractivity contribution in [2.75, 3.05) is 11.2 Å². The molecular weight excluding hydrogens is 280 g/mol. The number of hydrogen-bond donors (Lipinski definition) is 1. The Kier molecular flexibility index (Phi) is 3.41. The van der Waals surface area contributed by atoms with Crippen LogP contribution in [0.2, 0.25) is 5.02 Å². The minimum absolute atomic E-state index is 0.423. The standard InChI is InChI=1S/C13H15ClN4S/c1-8(2)11-7-19-13-16-15-12(18(13)17-11)9-4-3-5-10(14)6-9/h3-6,8,11,17H,7H2,1-2H3. The van der Waals surface area contributed by atoms with Gasteiger partial charge in [-0.1, -0.05) is 49.3 Å². The number of hydrogen-bond acceptors (Lipinski definition) is 4. The van der Waals surface area contributed by atoms with E-state index in [1.165, 1.54) is 0 Å². The van der Waals surface area contributed by atoms with E-state index in [9.17, 15) is 0 Å². The Morgan fingerprint density at radius 1 is 1.42 bits per heavy atom. The van der Waals surface area contributed by atoms with Gasteiger partial charge >= 0.3 is 0 Å². The molecule has 100 valence electrons. The number of thioether (sulfide) groups is 1. The van der Waals surface area contributed by atoms with Crippen molar-refractivity contribution >= 4 is 23.4 Å². The maximum absolute atomic E-state index is 6.04. The summed E-state index contributed by atoms with van der Waals surface area (Å²) in [6.45, 7) is 4.43. The van der Waals surface area contributed by atoms with Crippen molar-refractivity contribution in [3.05, 3.63) is 29.3 Å². The molecule has 0 radical (unpaired) electrons. The molecule has 1 aliphatic heterocycles. The first-order chi connectivity index (χ1) is 9.15. The maximum Gasteiger partial charge on any atom is 0.210 e. The summed E-state index contributed by atoms with van der Waals surface area (Å²) in [6, 6.07) is 8.11. The Hall–Kier alpha value is -1.20. The van der Waals surface area contributed by atoms with Crippen LogP contribution in [0.4, 0.5) is 0 Å². The molecule has 1 unspecified atom stereocenters. The first kappa shape index (κ1) is 12.8. The molecule has 0 saturated heterocycles. The Labute approximate surface area is 121 Å². The van der Waals surface area contributed by atoms with Crippen molar-refractivity contribution in [2.24, 2.45) is 5.92 Å². The van der Waals surface area contributed by atoms with Crippen molar-refractivity contribution in [1.82, 2.24) is 14.9 Å². The second-order valence-corrected chi connectivity index (χ2v) is 6.37. The quantitative estimate of drug-likeness (QED) is 0.923. The lowest BCUT2D eigenvalue weighted by molar-refractivity contribution is 0.503. The predicted molar refractivity (Wildman–Crippen MR) is 79.2 cm³/mol. The van der Waals surface area contributed by atoms with Crippen LogP contribution in [-0.2, 0) is 0 Å². The van der Waals surface area contributed by atoms with Gasteiger partial charge in [0, 0.05) is 16.3 Å². The molecule has 0 bridgehead atoms. The van der Waals surface area contributed by atoms with Crippen LogP contribution in [0.25, 0.3) is 11.4 Å². The lowest BCUT2D eigenvalue weighted by Gasteiger charge is -2.28. The highest BCUT2D eigenvalue weighted by atomic mass is 35.5. The van der Waals surface area contributed by atoms with E-state index in [2.05, 4.69) is 29.5 Å². The molecule has 0 saturated carbocycles. The van der Waals surface area contributed by atoms with E-state index < -0.39 is 0 Å². The first-order valence-electron chi connectivity index (χ1n) is 6.26. The summed E-state index contributed by atoms with van der Waals surface area (Å²) in [4.78, 5) is 0. The van der Waals surface area contributed by atoms with Crippen LogP contribution in [0.5, 0.6) is 0 Å². The molecule has 2 heterocycles. The summed E-state index contributed by atoms with van der Waals surface area (Å²) in [7, 11) is 0. The van der Waals surface area contributed by atoms with Gasteiger partial charge in [0.15, 0.2) is 5.82 Å². The maximum atomic E-state index is 6.04. The van der Waals surface area contributed by atoms with Crippen molar-refractivity contribution < 1.29 is 0 Å². The monoisotopic (exact) mass is 294 g/mol. The second-order valence-electron chi connectivity index (χ2n) is 4.94. The molecule has 0 fully saturated rings. The zero-order valence-electron chi connectivity index (χ0n) is 10.8. The van der Waals surface area contributed by atoms with Gasteiger partial charge in [-0.3, -0.25) is 0 Å². The number of nitrogens with one attached hydrogen (secondary N) is 1. The topological polar surface area (TPSA) is 42.7 Å². The zero-order valence-corrected chi connectivity index (χ0v) is 12.4. The fourth-order valence-electron chi connectivity index (χ4n) is 2.00. The van der Waals surface area contributed by atoms with Crippen LogP contribution in [0.1, 0.15) is 13.8 Å². The van der Waals surface area contributed by atoms with E-state index in [0.717, 1.165) is 22.3 Å². The fourth-order valence-corrected chi connectivity index (χ4v) is 3.35. The third-order valence-corrected chi connectivity index (χ3v) is 4.49. The molecule has 6 heteroatoms. The third kappa shape index (κ3) is 2.44. The van der Waals surface area contributed by atoms with Crippen LogP contribution >= 0.6 is 23.4 Å². The Morgan fingerprint density at radius 2 is 2.26 bits per heavy atom. The number of halogens is 1. The van der Waals surface area contributed by atoms with Gasteiger partial charge < -0.3 is 5.43 Å². The summed E-state index contributed by atoms with van der Waals surface area (Å²) >= 11 is 7.78. The van der Waals surface area contributed by atoms with Crippen LogP contribution in [0.3, 0.4) is 0 Å². The van der Waals surface area contributed by atoms with E-state index in [4.69, 9.17) is 11.6 Å². The molecule has 1 aromatic carbocycles. The van der Waals surface area contributed by atoms with Gasteiger partial charge in [0.1, 0.15) is 0 Å². The van der Waals surface area contributed by atoms with E-state index >= 15 is 0 Å². The molecule has 4 nitrogen and oxygen atoms in total. The number of rotatable bonds is 2. The molecule has 0 spiro atoms. The first-order valence-corrected chi connectivity index (χ1v) is 7.62. The summed E-state index contributed by atoms with van der Waals surface area (Å²) < 4.78 is 1.98. The highest BCUT2D eigenvalue weighted by Crippen LogP contribution is 2.29. The van der Waals surface area contributed by atoms with Crippen molar-refractivity contribution in [3.63, 3.8) is 0 Å². The molecule has 0 amide bonds. The number of aromatic nitrogens is 3. The molecule has 1 N–H and O–H groups in total. The Morgan fingerprint density at radius 3 is 3.00 bits per heavy atom. The van der Waals surface area contributed by atoms with E-state index in [1.54, 1.807) is 11.8 Å². The summed E-state index contributed by atoms with van der Waals surface area (Å²) in [6.07, 6.45) is 0. The van der Waals surface area contributed by atoms with E-state index in [-0.39, 0.29) is 0 Å². The normalized spacial score (nSPS) is 18.2. The van der Waals surface area contributed by atoms with Crippen LogP contribution in [0.15, 0.2) is 29.4 Å². The lowest BCUT2D eigenvalue weighted by Crippen LogP contribution is -2.38. The molecular formula is C13H15ClN4S. The van der Waals surface area contributed by atoms with Crippen LogP contribution < -0.4 is 5.43 Å². The summed E-state index contributed by atoms with van der Waals surface area (Å²) in [5, 5.41) is 10.1. The second kappa shape index (κ2) is 5.06. The van der Waals surface area contributed by atoms with Gasteiger partial charge in [0.2, 0.25) is 5.16 Å². The highest BCUT2D eigenvalue weighted by molar-refractivity contribution is 7.99. The van der Waals surface area contributed by atoms with Gasteiger partial charge in [0.25, 0.3) is 0 Å². The van der Waals surface area contributed by atoms with Crippen LogP contribution in [-0.4, -0.2) is 26.7 Å². The number of nitrogens with zero attached hydrogens (tertiary/aromatic N) is 3. The van der Waals surface area contributed by atoms with Gasteiger partial charge in [-0.2, -0.15) is 0 Å².